The molecule has 0 unspecified atom stereocenters. The molecule has 1 aliphatic rings. The molecular formula is C20H22FN4O3S+. The predicted molar refractivity (Wildman–Crippen MR) is 105 cm³/mol. The Bertz CT molecular complexity index is 1010. The van der Waals surface area contributed by atoms with Crippen molar-refractivity contribution < 1.29 is 22.5 Å². The van der Waals surface area contributed by atoms with Crippen molar-refractivity contribution in [3.8, 4) is 6.07 Å². The third kappa shape index (κ3) is 4.79. The smallest absolute Gasteiger partial charge is 0.282 e. The summed E-state index contributed by atoms with van der Waals surface area (Å²) in [6.07, 6.45) is 0. The maximum absolute atomic E-state index is 13.1. The summed E-state index contributed by atoms with van der Waals surface area (Å²) in [5.41, 5.74) is 1.12. The molecule has 2 aromatic rings. The number of amides is 1. The molecule has 29 heavy (non-hydrogen) atoms. The Morgan fingerprint density at radius 1 is 1.14 bits per heavy atom. The second-order valence-corrected chi connectivity index (χ2v) is 8.85. The number of carbonyl (C=O) groups is 1. The number of piperazine rings is 1. The van der Waals surface area contributed by atoms with E-state index in [1.807, 2.05) is 6.07 Å². The molecule has 3 rings (SSSR count). The summed E-state index contributed by atoms with van der Waals surface area (Å²) in [5.74, 6) is -0.653. The van der Waals surface area contributed by atoms with Gasteiger partial charge in [-0.1, -0.05) is 0 Å². The Hall–Kier alpha value is -2.80. The average molecular weight is 417 g/mol. The fraction of sp³-hybridized carbons (Fsp3) is 0.300. The van der Waals surface area contributed by atoms with Crippen LogP contribution in [0.3, 0.4) is 0 Å². The van der Waals surface area contributed by atoms with Gasteiger partial charge < -0.3 is 10.2 Å². The second kappa shape index (κ2) is 8.69. The number of benzene rings is 2. The Balaban J connectivity index is 1.58. The molecule has 0 saturated carbocycles. The Labute approximate surface area is 169 Å². The maximum Gasteiger partial charge on any atom is 0.282 e. The van der Waals surface area contributed by atoms with Crippen LogP contribution in [0, 0.1) is 17.1 Å². The van der Waals surface area contributed by atoms with Crippen LogP contribution in [0.15, 0.2) is 53.4 Å². The van der Waals surface area contributed by atoms with E-state index in [4.69, 9.17) is 5.26 Å². The molecule has 1 atom stereocenters. The van der Waals surface area contributed by atoms with Gasteiger partial charge in [-0.05, 0) is 55.5 Å². The third-order valence-corrected chi connectivity index (χ3v) is 7.02. The lowest BCUT2D eigenvalue weighted by Gasteiger charge is -2.34. The highest BCUT2D eigenvalue weighted by molar-refractivity contribution is 7.89. The molecule has 0 radical (unpaired) electrons. The molecule has 1 saturated heterocycles. The van der Waals surface area contributed by atoms with E-state index in [1.165, 1.54) is 16.4 Å². The summed E-state index contributed by atoms with van der Waals surface area (Å²) < 4.78 is 39.8. The van der Waals surface area contributed by atoms with Gasteiger partial charge in [0.05, 0.1) is 42.7 Å². The fourth-order valence-electron chi connectivity index (χ4n) is 3.27. The summed E-state index contributed by atoms with van der Waals surface area (Å²) in [5, 5.41) is 11.7. The number of anilines is 1. The summed E-state index contributed by atoms with van der Waals surface area (Å²) in [6.45, 7) is 3.34. The zero-order valence-corrected chi connectivity index (χ0v) is 16.7. The summed E-state index contributed by atoms with van der Waals surface area (Å²) >= 11 is 0. The molecule has 0 aliphatic carbocycles. The first-order chi connectivity index (χ1) is 13.8. The first-order valence-corrected chi connectivity index (χ1v) is 10.7. The Morgan fingerprint density at radius 3 is 2.28 bits per heavy atom. The molecular weight excluding hydrogens is 395 g/mol. The first-order valence-electron chi connectivity index (χ1n) is 9.22. The van der Waals surface area contributed by atoms with Crippen molar-refractivity contribution in [1.82, 2.24) is 4.31 Å². The molecule has 152 valence electrons. The van der Waals surface area contributed by atoms with Gasteiger partial charge in [0.25, 0.3) is 5.91 Å². The van der Waals surface area contributed by atoms with Gasteiger partial charge in [-0.2, -0.15) is 9.57 Å². The van der Waals surface area contributed by atoms with E-state index in [9.17, 15) is 17.6 Å². The zero-order valence-electron chi connectivity index (χ0n) is 15.9. The molecule has 0 bridgehead atoms. The van der Waals surface area contributed by atoms with E-state index < -0.39 is 15.8 Å². The van der Waals surface area contributed by atoms with Crippen molar-refractivity contribution in [2.75, 3.05) is 31.5 Å². The Morgan fingerprint density at radius 2 is 1.72 bits per heavy atom. The van der Waals surface area contributed by atoms with E-state index in [-0.39, 0.29) is 29.9 Å². The summed E-state index contributed by atoms with van der Waals surface area (Å²) in [7, 11) is -3.68. The highest BCUT2D eigenvalue weighted by atomic mass is 32.2. The van der Waals surface area contributed by atoms with Crippen LogP contribution < -0.4 is 10.2 Å². The SMILES string of the molecule is C[C@H](C(=O)Nc1ccc(C#N)cc1)[NH+]1CCN(S(=O)(=O)c2ccc(F)cc2)CC1. The van der Waals surface area contributed by atoms with Crippen molar-refractivity contribution in [3.05, 3.63) is 59.9 Å². The van der Waals surface area contributed by atoms with Crippen LogP contribution in [-0.4, -0.2) is 50.9 Å². The molecule has 9 heteroatoms. The lowest BCUT2D eigenvalue weighted by Crippen LogP contribution is -3.19. The monoisotopic (exact) mass is 417 g/mol. The first kappa shape index (κ1) is 20.9. The second-order valence-electron chi connectivity index (χ2n) is 6.92. The number of sulfonamides is 1. The number of nitriles is 1. The van der Waals surface area contributed by atoms with Crippen LogP contribution in [0.4, 0.5) is 10.1 Å². The minimum absolute atomic E-state index is 0.0638. The van der Waals surface area contributed by atoms with Crippen LogP contribution in [0.2, 0.25) is 0 Å². The van der Waals surface area contributed by atoms with E-state index in [1.54, 1.807) is 31.2 Å². The van der Waals surface area contributed by atoms with Crippen LogP contribution >= 0.6 is 0 Å². The molecule has 1 heterocycles. The lowest BCUT2D eigenvalue weighted by atomic mass is 10.2. The van der Waals surface area contributed by atoms with E-state index in [0.29, 0.717) is 24.3 Å². The largest absolute Gasteiger partial charge is 0.323 e. The molecule has 0 aromatic heterocycles. The van der Waals surface area contributed by atoms with Crippen LogP contribution in [0.25, 0.3) is 0 Å². The minimum atomic E-state index is -3.68. The highest BCUT2D eigenvalue weighted by Crippen LogP contribution is 2.16. The molecule has 2 aromatic carbocycles. The van der Waals surface area contributed by atoms with Gasteiger partial charge in [0.1, 0.15) is 5.82 Å². The van der Waals surface area contributed by atoms with Crippen molar-refractivity contribution in [1.29, 1.82) is 5.26 Å². The van der Waals surface area contributed by atoms with Gasteiger partial charge in [0.15, 0.2) is 6.04 Å². The fourth-order valence-corrected chi connectivity index (χ4v) is 4.71. The standard InChI is InChI=1S/C20H21FN4O3S/c1-15(20(26)23-18-6-2-16(14-22)3-7-18)24-10-12-25(13-11-24)29(27,28)19-8-4-17(21)5-9-19/h2-9,15H,10-13H2,1H3,(H,23,26)/p+1/t15-/m1/s1. The maximum atomic E-state index is 13.1. The van der Waals surface area contributed by atoms with Gasteiger partial charge in [0.2, 0.25) is 10.0 Å². The summed E-state index contributed by atoms with van der Waals surface area (Å²) in [4.78, 5) is 13.6. The van der Waals surface area contributed by atoms with Crippen LogP contribution in [-0.2, 0) is 14.8 Å². The number of quaternary nitrogens is 1. The van der Waals surface area contributed by atoms with E-state index in [0.717, 1.165) is 17.0 Å². The minimum Gasteiger partial charge on any atom is -0.323 e. The predicted octanol–water partition coefficient (Wildman–Crippen LogP) is 0.614. The zero-order chi connectivity index (χ0) is 21.0. The topological polar surface area (TPSA) is 94.7 Å². The quantitative estimate of drug-likeness (QED) is 0.746. The molecule has 2 N–H and O–H groups in total. The highest BCUT2D eigenvalue weighted by Gasteiger charge is 2.34. The van der Waals surface area contributed by atoms with Gasteiger partial charge in [-0.15, -0.1) is 0 Å². The van der Waals surface area contributed by atoms with Crippen molar-refractivity contribution in [3.63, 3.8) is 0 Å². The Kier molecular flexibility index (Phi) is 6.27. The van der Waals surface area contributed by atoms with Gasteiger partial charge >= 0.3 is 0 Å². The van der Waals surface area contributed by atoms with Crippen LogP contribution in [0.1, 0.15) is 12.5 Å². The summed E-state index contributed by atoms with van der Waals surface area (Å²) in [6, 6.07) is 13.1. The van der Waals surface area contributed by atoms with E-state index in [2.05, 4.69) is 5.32 Å². The number of rotatable bonds is 5. The number of hydrogen-bond donors (Lipinski definition) is 2. The molecule has 1 amide bonds. The van der Waals surface area contributed by atoms with Crippen molar-refractivity contribution >= 4 is 21.6 Å². The average Bonchev–Trinajstić information content (AvgIpc) is 2.74. The number of nitrogens with zero attached hydrogens (tertiary/aromatic N) is 2. The third-order valence-electron chi connectivity index (χ3n) is 5.10. The normalized spacial score (nSPS) is 16.7. The van der Waals surface area contributed by atoms with Gasteiger partial charge in [0, 0.05) is 5.69 Å². The van der Waals surface area contributed by atoms with Crippen LogP contribution in [0.5, 0.6) is 0 Å². The number of carbonyl (C=O) groups excluding carboxylic acids is 1. The van der Waals surface area contributed by atoms with Gasteiger partial charge in [-0.25, -0.2) is 12.8 Å². The lowest BCUT2D eigenvalue weighted by molar-refractivity contribution is -0.917. The number of nitrogens with one attached hydrogen (secondary N) is 2. The van der Waals surface area contributed by atoms with Gasteiger partial charge in [-0.3, -0.25) is 4.79 Å². The molecule has 7 nitrogen and oxygen atoms in total. The molecule has 0 spiro atoms. The number of hydrogen-bond acceptors (Lipinski definition) is 4. The molecule has 1 aliphatic heterocycles. The molecule has 1 fully saturated rings. The van der Waals surface area contributed by atoms with E-state index >= 15 is 0 Å². The van der Waals surface area contributed by atoms with Crippen molar-refractivity contribution in [2.45, 2.75) is 17.9 Å². The van der Waals surface area contributed by atoms with Crippen molar-refractivity contribution in [2.24, 2.45) is 0 Å². The number of halogens is 1.